The Bertz CT molecular complexity index is 624. The second-order valence-corrected chi connectivity index (χ2v) is 4.96. The van der Waals surface area contributed by atoms with E-state index in [1.165, 1.54) is 0 Å². The first-order valence-corrected chi connectivity index (χ1v) is 6.71. The zero-order chi connectivity index (χ0) is 14.0. The minimum Gasteiger partial charge on any atom is -0.360 e. The molecule has 0 spiro atoms. The minimum atomic E-state index is -0.496. The average Bonchev–Trinajstić information content (AvgIpc) is 2.78. The lowest BCUT2D eigenvalue weighted by Crippen LogP contribution is -2.27. The second-order valence-electron chi connectivity index (χ2n) is 4.11. The third-order valence-corrected chi connectivity index (χ3v) is 3.75. The molecule has 6 nitrogen and oxygen atoms in total. The maximum absolute atomic E-state index is 11.1. The number of hydrogen-bond donors (Lipinski definition) is 3. The zero-order valence-electron chi connectivity index (χ0n) is 10.7. The van der Waals surface area contributed by atoms with Crippen molar-refractivity contribution in [3.63, 3.8) is 0 Å². The number of rotatable bonds is 4. The summed E-state index contributed by atoms with van der Waals surface area (Å²) in [5.41, 5.74) is 4.30. The number of carbonyl (C=O) groups is 1. The van der Waals surface area contributed by atoms with Crippen molar-refractivity contribution in [1.82, 2.24) is 14.9 Å². The van der Waals surface area contributed by atoms with E-state index in [2.05, 4.69) is 26.2 Å². The number of pyridine rings is 1. The van der Waals surface area contributed by atoms with E-state index in [0.717, 1.165) is 33.7 Å². The average molecular weight is 327 g/mol. The van der Waals surface area contributed by atoms with Crippen LogP contribution in [0.15, 0.2) is 16.6 Å². The maximum Gasteiger partial charge on any atom is 0.262 e. The minimum absolute atomic E-state index is 0.0107. The van der Waals surface area contributed by atoms with Gasteiger partial charge in [-0.1, -0.05) is 6.92 Å². The van der Waals surface area contributed by atoms with E-state index in [-0.39, 0.29) is 6.54 Å². The lowest BCUT2D eigenvalue weighted by Gasteiger charge is -2.10. The molecule has 0 aromatic carbocycles. The molecule has 102 valence electrons. The molecule has 0 saturated carbocycles. The molecule has 0 aliphatic heterocycles. The van der Waals surface area contributed by atoms with Crippen molar-refractivity contribution in [3.8, 4) is 0 Å². The summed E-state index contributed by atoms with van der Waals surface area (Å²) in [5.74, 6) is 0.282. The van der Waals surface area contributed by atoms with Crippen molar-refractivity contribution >= 4 is 33.3 Å². The zero-order valence-corrected chi connectivity index (χ0v) is 12.3. The molecule has 0 unspecified atom stereocenters. The first-order valence-electron chi connectivity index (χ1n) is 5.91. The molecule has 2 rings (SSSR count). The van der Waals surface area contributed by atoms with E-state index >= 15 is 0 Å². The van der Waals surface area contributed by atoms with Gasteiger partial charge < -0.3 is 5.32 Å². The van der Waals surface area contributed by atoms with Crippen LogP contribution in [0.25, 0.3) is 5.65 Å². The van der Waals surface area contributed by atoms with E-state index in [1.807, 2.05) is 30.4 Å². The molecule has 2 aromatic rings. The van der Waals surface area contributed by atoms with Gasteiger partial charge in [0.2, 0.25) is 0 Å². The molecule has 0 aliphatic rings. The molecule has 0 fully saturated rings. The summed E-state index contributed by atoms with van der Waals surface area (Å²) in [7, 11) is 0. The Morgan fingerprint density at radius 3 is 2.89 bits per heavy atom. The summed E-state index contributed by atoms with van der Waals surface area (Å²) in [6.45, 7) is 3.96. The second kappa shape index (κ2) is 5.58. The van der Waals surface area contributed by atoms with Crippen LogP contribution >= 0.6 is 15.9 Å². The number of hydroxylamine groups is 1. The van der Waals surface area contributed by atoms with Crippen molar-refractivity contribution in [2.75, 3.05) is 11.9 Å². The molecule has 2 heterocycles. The molecular weight excluding hydrogens is 312 g/mol. The lowest BCUT2D eigenvalue weighted by atomic mass is 10.3. The third-order valence-electron chi connectivity index (χ3n) is 2.91. The fourth-order valence-corrected chi connectivity index (χ4v) is 2.25. The Morgan fingerprint density at radius 1 is 1.53 bits per heavy atom. The van der Waals surface area contributed by atoms with Crippen molar-refractivity contribution in [2.45, 2.75) is 20.3 Å². The number of anilines is 1. The van der Waals surface area contributed by atoms with E-state index < -0.39 is 5.91 Å². The molecule has 0 bridgehead atoms. The number of aromatic nitrogens is 2. The van der Waals surface area contributed by atoms with Gasteiger partial charge in [0.25, 0.3) is 5.91 Å². The van der Waals surface area contributed by atoms with Gasteiger partial charge in [-0.05, 0) is 41.4 Å². The smallest absolute Gasteiger partial charge is 0.262 e. The molecular formula is C12H15BrN4O2. The fraction of sp³-hybridized carbons (Fsp3) is 0.333. The van der Waals surface area contributed by atoms with Gasteiger partial charge in [-0.2, -0.15) is 0 Å². The molecule has 0 saturated heterocycles. The maximum atomic E-state index is 11.1. The van der Waals surface area contributed by atoms with Crippen LogP contribution in [-0.2, 0) is 11.2 Å². The number of hydrogen-bond acceptors (Lipinski definition) is 4. The summed E-state index contributed by atoms with van der Waals surface area (Å²) in [6, 6.07) is 3.86. The SMILES string of the molecule is CCc1nc2ccc(Br)c(C)n2c1NCC(=O)NO. The van der Waals surface area contributed by atoms with Crippen LogP contribution in [0.3, 0.4) is 0 Å². The Hall–Kier alpha value is -1.60. The summed E-state index contributed by atoms with van der Waals surface area (Å²) >= 11 is 3.48. The Morgan fingerprint density at radius 2 is 2.26 bits per heavy atom. The van der Waals surface area contributed by atoms with Gasteiger partial charge in [-0.25, -0.2) is 10.5 Å². The Kier molecular flexibility index (Phi) is 4.06. The summed E-state index contributed by atoms with van der Waals surface area (Å²) < 4.78 is 2.92. The molecule has 0 aliphatic carbocycles. The van der Waals surface area contributed by atoms with Crippen LogP contribution < -0.4 is 10.8 Å². The standard InChI is InChI=1S/C12H15BrN4O2/c1-3-9-12(14-6-11(18)16-19)17-7(2)8(13)4-5-10(17)15-9/h4-5,14,19H,3,6H2,1-2H3,(H,16,18). The molecule has 19 heavy (non-hydrogen) atoms. The first kappa shape index (κ1) is 13.8. The van der Waals surface area contributed by atoms with Gasteiger partial charge in [0, 0.05) is 10.2 Å². The highest BCUT2D eigenvalue weighted by atomic mass is 79.9. The molecule has 0 atom stereocenters. The number of amides is 1. The Balaban J connectivity index is 2.49. The van der Waals surface area contributed by atoms with Crippen LogP contribution in [0.4, 0.5) is 5.82 Å². The Labute approximate surface area is 118 Å². The van der Waals surface area contributed by atoms with Crippen molar-refractivity contribution in [2.24, 2.45) is 0 Å². The van der Waals surface area contributed by atoms with Crippen LogP contribution in [0.5, 0.6) is 0 Å². The van der Waals surface area contributed by atoms with Crippen molar-refractivity contribution < 1.29 is 10.0 Å². The van der Waals surface area contributed by atoms with Crippen LogP contribution in [0, 0.1) is 6.92 Å². The van der Waals surface area contributed by atoms with Gasteiger partial charge in [0.15, 0.2) is 0 Å². The van der Waals surface area contributed by atoms with E-state index in [1.54, 1.807) is 5.48 Å². The van der Waals surface area contributed by atoms with E-state index in [9.17, 15) is 4.79 Å². The quantitative estimate of drug-likeness (QED) is 0.592. The molecule has 1 amide bonds. The van der Waals surface area contributed by atoms with Crippen molar-refractivity contribution in [1.29, 1.82) is 0 Å². The van der Waals surface area contributed by atoms with Crippen LogP contribution in [0.1, 0.15) is 18.3 Å². The summed E-state index contributed by atoms with van der Waals surface area (Å²) in [5, 5.41) is 11.5. The van der Waals surface area contributed by atoms with Crippen LogP contribution in [-0.4, -0.2) is 27.0 Å². The third kappa shape index (κ3) is 2.57. The van der Waals surface area contributed by atoms with Gasteiger partial charge >= 0.3 is 0 Å². The predicted octanol–water partition coefficient (Wildman–Crippen LogP) is 1.88. The van der Waals surface area contributed by atoms with Gasteiger partial charge in [-0.15, -0.1) is 0 Å². The van der Waals surface area contributed by atoms with E-state index in [4.69, 9.17) is 5.21 Å². The van der Waals surface area contributed by atoms with Gasteiger partial charge in [0.1, 0.15) is 11.5 Å². The molecule has 7 heteroatoms. The number of carbonyl (C=O) groups excluding carboxylic acids is 1. The largest absolute Gasteiger partial charge is 0.360 e. The highest BCUT2D eigenvalue weighted by Crippen LogP contribution is 2.25. The number of nitrogens with one attached hydrogen (secondary N) is 2. The number of aryl methyl sites for hydroxylation is 2. The number of imidazole rings is 1. The van der Waals surface area contributed by atoms with Gasteiger partial charge in [-0.3, -0.25) is 14.4 Å². The fourth-order valence-electron chi connectivity index (χ4n) is 1.94. The first-order chi connectivity index (χ1) is 9.08. The number of fused-ring (bicyclic) bond motifs is 1. The lowest BCUT2D eigenvalue weighted by molar-refractivity contribution is -0.127. The monoisotopic (exact) mass is 326 g/mol. The predicted molar refractivity (Wildman–Crippen MR) is 75.4 cm³/mol. The number of nitrogens with zero attached hydrogens (tertiary/aromatic N) is 2. The van der Waals surface area contributed by atoms with E-state index in [0.29, 0.717) is 0 Å². The van der Waals surface area contributed by atoms with Gasteiger partial charge in [0.05, 0.1) is 12.2 Å². The van der Waals surface area contributed by atoms with Crippen LogP contribution in [0.2, 0.25) is 0 Å². The van der Waals surface area contributed by atoms with Crippen molar-refractivity contribution in [3.05, 3.63) is 28.0 Å². The number of halogens is 1. The highest BCUT2D eigenvalue weighted by molar-refractivity contribution is 9.10. The highest BCUT2D eigenvalue weighted by Gasteiger charge is 2.14. The summed E-state index contributed by atoms with van der Waals surface area (Å²) in [4.78, 5) is 15.7. The summed E-state index contributed by atoms with van der Waals surface area (Å²) in [6.07, 6.45) is 0.752. The molecule has 3 N–H and O–H groups in total. The topological polar surface area (TPSA) is 78.7 Å². The molecule has 2 aromatic heterocycles. The molecule has 0 radical (unpaired) electrons. The normalized spacial score (nSPS) is 10.7.